The Morgan fingerprint density at radius 1 is 1.17 bits per heavy atom. The van der Waals surface area contributed by atoms with Crippen molar-refractivity contribution in [3.05, 3.63) is 54.5 Å². The Labute approximate surface area is 105 Å². The number of aliphatic hydroxyl groups excluding tert-OH is 1. The van der Waals surface area contributed by atoms with E-state index in [1.807, 2.05) is 41.0 Å². The van der Waals surface area contributed by atoms with Crippen LogP contribution in [-0.2, 0) is 0 Å². The molecule has 0 radical (unpaired) electrons. The van der Waals surface area contributed by atoms with Crippen LogP contribution in [0.25, 0.3) is 16.9 Å². The normalized spacial score (nSPS) is 12.8. The van der Waals surface area contributed by atoms with Crippen molar-refractivity contribution in [3.63, 3.8) is 0 Å². The molecule has 0 spiro atoms. The first kappa shape index (κ1) is 10.9. The van der Waals surface area contributed by atoms with E-state index < -0.39 is 6.10 Å². The van der Waals surface area contributed by atoms with Crippen LogP contribution in [0.3, 0.4) is 0 Å². The molecule has 90 valence electrons. The summed E-state index contributed by atoms with van der Waals surface area (Å²) in [5, 5.41) is 9.61. The first-order chi connectivity index (χ1) is 8.75. The van der Waals surface area contributed by atoms with E-state index in [-0.39, 0.29) is 0 Å². The molecule has 3 rings (SSSR count). The van der Waals surface area contributed by atoms with Gasteiger partial charge >= 0.3 is 0 Å². The van der Waals surface area contributed by atoms with Crippen molar-refractivity contribution in [3.8, 4) is 5.82 Å². The lowest BCUT2D eigenvalue weighted by molar-refractivity contribution is 0.199. The van der Waals surface area contributed by atoms with Gasteiger partial charge in [0.15, 0.2) is 0 Å². The Kier molecular flexibility index (Phi) is 2.57. The van der Waals surface area contributed by atoms with Crippen molar-refractivity contribution in [2.75, 3.05) is 0 Å². The zero-order valence-electron chi connectivity index (χ0n) is 9.99. The summed E-state index contributed by atoms with van der Waals surface area (Å²) >= 11 is 0. The zero-order valence-corrected chi connectivity index (χ0v) is 9.99. The summed E-state index contributed by atoms with van der Waals surface area (Å²) in [6.45, 7) is 1.74. The highest BCUT2D eigenvalue weighted by molar-refractivity contribution is 5.76. The fraction of sp³-hybridized carbons (Fsp3) is 0.143. The van der Waals surface area contributed by atoms with Gasteiger partial charge < -0.3 is 5.11 Å². The number of hydrogen-bond acceptors (Lipinski definition) is 3. The first-order valence-corrected chi connectivity index (χ1v) is 5.82. The number of imidazole rings is 1. The summed E-state index contributed by atoms with van der Waals surface area (Å²) in [7, 11) is 0. The molecule has 0 bridgehead atoms. The second-order valence-corrected chi connectivity index (χ2v) is 4.23. The molecule has 1 N–H and O–H groups in total. The molecule has 3 aromatic rings. The topological polar surface area (TPSA) is 50.9 Å². The van der Waals surface area contributed by atoms with Crippen molar-refractivity contribution in [2.45, 2.75) is 13.0 Å². The highest BCUT2D eigenvalue weighted by atomic mass is 16.3. The number of hydrogen-bond donors (Lipinski definition) is 1. The Bertz CT molecular complexity index is 688. The standard InChI is InChI=1S/C14H13N3O/c1-10(18)11-6-7-15-14(8-11)17-9-16-12-4-2-3-5-13(12)17/h2-10,18H,1H3. The number of rotatable bonds is 2. The maximum atomic E-state index is 9.61. The van der Waals surface area contributed by atoms with Gasteiger partial charge in [-0.3, -0.25) is 4.57 Å². The number of aliphatic hydroxyl groups is 1. The second kappa shape index (κ2) is 4.23. The Hall–Kier alpha value is -2.20. The number of pyridine rings is 1. The molecule has 2 aromatic heterocycles. The number of nitrogens with zero attached hydrogens (tertiary/aromatic N) is 3. The average Bonchev–Trinajstić information content (AvgIpc) is 2.82. The van der Waals surface area contributed by atoms with Gasteiger partial charge in [-0.2, -0.15) is 0 Å². The molecule has 0 aliphatic rings. The fourth-order valence-corrected chi connectivity index (χ4v) is 1.97. The van der Waals surface area contributed by atoms with Crippen LogP contribution in [-0.4, -0.2) is 19.6 Å². The SMILES string of the molecule is CC(O)c1ccnc(-n2cnc3ccccc32)c1. The van der Waals surface area contributed by atoms with Gasteiger partial charge in [-0.15, -0.1) is 0 Å². The molecule has 4 heteroatoms. The largest absolute Gasteiger partial charge is 0.389 e. The number of para-hydroxylation sites is 2. The van der Waals surface area contributed by atoms with Crippen LogP contribution in [0.2, 0.25) is 0 Å². The lowest BCUT2D eigenvalue weighted by Crippen LogP contribution is -1.99. The highest BCUT2D eigenvalue weighted by Crippen LogP contribution is 2.19. The van der Waals surface area contributed by atoms with Gasteiger partial charge in [-0.25, -0.2) is 9.97 Å². The van der Waals surface area contributed by atoms with Gasteiger partial charge in [-0.1, -0.05) is 12.1 Å². The summed E-state index contributed by atoms with van der Waals surface area (Å²) in [6.07, 6.45) is 2.95. The zero-order chi connectivity index (χ0) is 12.5. The van der Waals surface area contributed by atoms with Gasteiger partial charge in [0, 0.05) is 6.20 Å². The van der Waals surface area contributed by atoms with E-state index in [1.165, 1.54) is 0 Å². The van der Waals surface area contributed by atoms with Gasteiger partial charge in [0.25, 0.3) is 0 Å². The molecule has 0 amide bonds. The van der Waals surface area contributed by atoms with E-state index >= 15 is 0 Å². The third kappa shape index (κ3) is 1.76. The lowest BCUT2D eigenvalue weighted by Gasteiger charge is -2.07. The summed E-state index contributed by atoms with van der Waals surface area (Å²) in [4.78, 5) is 8.66. The number of fused-ring (bicyclic) bond motifs is 1. The molecule has 18 heavy (non-hydrogen) atoms. The molecule has 0 saturated heterocycles. The van der Waals surface area contributed by atoms with Crippen molar-refractivity contribution in [1.29, 1.82) is 0 Å². The van der Waals surface area contributed by atoms with Crippen LogP contribution in [0.5, 0.6) is 0 Å². The van der Waals surface area contributed by atoms with Gasteiger partial charge in [0.05, 0.1) is 17.1 Å². The number of benzene rings is 1. The molecule has 0 aliphatic heterocycles. The van der Waals surface area contributed by atoms with Crippen LogP contribution < -0.4 is 0 Å². The van der Waals surface area contributed by atoms with Gasteiger partial charge in [0.1, 0.15) is 12.1 Å². The minimum absolute atomic E-state index is 0.499. The molecule has 0 aliphatic carbocycles. The molecule has 1 aromatic carbocycles. The van der Waals surface area contributed by atoms with E-state index in [1.54, 1.807) is 19.4 Å². The van der Waals surface area contributed by atoms with E-state index in [4.69, 9.17) is 0 Å². The van der Waals surface area contributed by atoms with Crippen LogP contribution >= 0.6 is 0 Å². The molecular formula is C14H13N3O. The quantitative estimate of drug-likeness (QED) is 0.747. The maximum absolute atomic E-state index is 9.61. The molecule has 4 nitrogen and oxygen atoms in total. The van der Waals surface area contributed by atoms with Crippen molar-refractivity contribution < 1.29 is 5.11 Å². The van der Waals surface area contributed by atoms with E-state index in [9.17, 15) is 5.11 Å². The fourth-order valence-electron chi connectivity index (χ4n) is 1.97. The summed E-state index contributed by atoms with van der Waals surface area (Å²) < 4.78 is 1.92. The average molecular weight is 239 g/mol. The molecule has 0 saturated carbocycles. The molecule has 1 unspecified atom stereocenters. The minimum atomic E-state index is -0.499. The van der Waals surface area contributed by atoms with Gasteiger partial charge in [-0.05, 0) is 36.8 Å². The molecule has 2 heterocycles. The predicted molar refractivity (Wildman–Crippen MR) is 69.5 cm³/mol. The predicted octanol–water partition coefficient (Wildman–Crippen LogP) is 2.47. The molecule has 0 fully saturated rings. The smallest absolute Gasteiger partial charge is 0.138 e. The summed E-state index contributed by atoms with van der Waals surface area (Å²) in [5.41, 5.74) is 2.78. The Balaban J connectivity index is 2.17. The van der Waals surface area contributed by atoms with E-state index in [0.717, 1.165) is 22.4 Å². The Morgan fingerprint density at radius 3 is 2.83 bits per heavy atom. The van der Waals surface area contributed by atoms with Crippen molar-refractivity contribution in [2.24, 2.45) is 0 Å². The molecule has 1 atom stereocenters. The highest BCUT2D eigenvalue weighted by Gasteiger charge is 2.07. The summed E-state index contributed by atoms with van der Waals surface area (Å²) in [6, 6.07) is 11.6. The van der Waals surface area contributed by atoms with Crippen LogP contribution in [0.1, 0.15) is 18.6 Å². The monoisotopic (exact) mass is 239 g/mol. The molecular weight excluding hydrogens is 226 g/mol. The van der Waals surface area contributed by atoms with Crippen LogP contribution in [0, 0.1) is 0 Å². The van der Waals surface area contributed by atoms with Crippen LogP contribution in [0.4, 0.5) is 0 Å². The van der Waals surface area contributed by atoms with E-state index in [0.29, 0.717) is 0 Å². The van der Waals surface area contributed by atoms with Crippen LogP contribution in [0.15, 0.2) is 48.9 Å². The van der Waals surface area contributed by atoms with E-state index in [2.05, 4.69) is 9.97 Å². The third-order valence-electron chi connectivity index (χ3n) is 2.95. The minimum Gasteiger partial charge on any atom is -0.389 e. The summed E-state index contributed by atoms with van der Waals surface area (Å²) in [5.74, 6) is 0.766. The Morgan fingerprint density at radius 2 is 2.00 bits per heavy atom. The third-order valence-corrected chi connectivity index (χ3v) is 2.95. The number of aromatic nitrogens is 3. The van der Waals surface area contributed by atoms with Crippen molar-refractivity contribution in [1.82, 2.24) is 14.5 Å². The second-order valence-electron chi connectivity index (χ2n) is 4.23. The van der Waals surface area contributed by atoms with Crippen molar-refractivity contribution >= 4 is 11.0 Å². The maximum Gasteiger partial charge on any atom is 0.138 e. The lowest BCUT2D eigenvalue weighted by atomic mass is 10.2. The first-order valence-electron chi connectivity index (χ1n) is 5.82. The van der Waals surface area contributed by atoms with Gasteiger partial charge in [0.2, 0.25) is 0 Å².